The van der Waals surface area contributed by atoms with E-state index in [1.807, 2.05) is 0 Å². The monoisotopic (exact) mass is 268 g/mol. The molecular weight excluding hydrogens is 252 g/mol. The molecule has 0 spiro atoms. The molecule has 104 valence electrons. The number of nitrogens with one attached hydrogen (secondary N) is 2. The molecule has 0 aliphatic heterocycles. The molecule has 0 bridgehead atoms. The van der Waals surface area contributed by atoms with Gasteiger partial charge in [0.2, 0.25) is 5.69 Å². The molecule has 1 amide bonds. The second-order valence-corrected chi connectivity index (χ2v) is 4.71. The van der Waals surface area contributed by atoms with E-state index in [2.05, 4.69) is 15.5 Å². The second kappa shape index (κ2) is 5.79. The molecule has 3 N–H and O–H groups in total. The van der Waals surface area contributed by atoms with Crippen LogP contribution in [0.5, 0.6) is 0 Å². The Morgan fingerprint density at radius 2 is 2.32 bits per heavy atom. The topological polar surface area (TPSA) is 121 Å². The fourth-order valence-corrected chi connectivity index (χ4v) is 2.38. The lowest BCUT2D eigenvalue weighted by molar-refractivity contribution is -0.385. The van der Waals surface area contributed by atoms with Crippen molar-refractivity contribution in [3.8, 4) is 0 Å². The highest BCUT2D eigenvalue weighted by molar-refractivity contribution is 5.95. The fourth-order valence-electron chi connectivity index (χ4n) is 2.38. The highest BCUT2D eigenvalue weighted by Gasteiger charge is 2.26. The van der Waals surface area contributed by atoms with E-state index in [1.165, 1.54) is 0 Å². The molecule has 1 atom stereocenters. The molecule has 1 aromatic rings. The van der Waals surface area contributed by atoms with Crippen LogP contribution in [0.1, 0.15) is 36.2 Å². The number of nitro groups is 1. The van der Waals surface area contributed by atoms with Crippen LogP contribution in [0, 0.1) is 16.0 Å². The van der Waals surface area contributed by atoms with E-state index < -0.39 is 16.9 Å². The predicted molar refractivity (Wildman–Crippen MR) is 65.5 cm³/mol. The molecule has 2 rings (SSSR count). The minimum absolute atomic E-state index is 0.0969. The van der Waals surface area contributed by atoms with E-state index in [4.69, 9.17) is 0 Å². The molecule has 1 heterocycles. The Bertz CT molecular complexity index is 467. The number of aliphatic hydroxyl groups excluding tert-OH is 1. The van der Waals surface area contributed by atoms with Crippen LogP contribution in [0.2, 0.25) is 0 Å². The van der Waals surface area contributed by atoms with Crippen LogP contribution in [-0.4, -0.2) is 38.8 Å². The van der Waals surface area contributed by atoms with Gasteiger partial charge in [0.1, 0.15) is 6.20 Å². The summed E-state index contributed by atoms with van der Waals surface area (Å²) in [4.78, 5) is 21.7. The molecule has 0 saturated heterocycles. The number of aromatic nitrogens is 2. The third kappa shape index (κ3) is 3.08. The molecule has 1 aromatic heterocycles. The Morgan fingerprint density at radius 1 is 1.63 bits per heavy atom. The van der Waals surface area contributed by atoms with Crippen molar-refractivity contribution in [1.29, 1.82) is 0 Å². The Balaban J connectivity index is 1.90. The Labute approximate surface area is 109 Å². The van der Waals surface area contributed by atoms with Gasteiger partial charge < -0.3 is 10.4 Å². The van der Waals surface area contributed by atoms with Gasteiger partial charge in [-0.25, -0.2) is 0 Å². The summed E-state index contributed by atoms with van der Waals surface area (Å²) in [6, 6.07) is 0. The van der Waals surface area contributed by atoms with Gasteiger partial charge in [0.05, 0.1) is 11.0 Å². The molecule has 1 fully saturated rings. The Hall–Kier alpha value is -1.96. The van der Waals surface area contributed by atoms with Crippen molar-refractivity contribution in [2.24, 2.45) is 5.92 Å². The maximum Gasteiger partial charge on any atom is 0.319 e. The number of H-pyrrole nitrogens is 1. The van der Waals surface area contributed by atoms with E-state index in [1.54, 1.807) is 0 Å². The lowest BCUT2D eigenvalue weighted by Gasteiger charge is -2.17. The first-order chi connectivity index (χ1) is 9.09. The summed E-state index contributed by atoms with van der Waals surface area (Å²) in [6.45, 7) is 0.0969. The molecule has 0 radical (unpaired) electrons. The van der Waals surface area contributed by atoms with E-state index in [0.29, 0.717) is 0 Å². The van der Waals surface area contributed by atoms with Crippen LogP contribution in [0.25, 0.3) is 0 Å². The first kappa shape index (κ1) is 13.5. The maximum atomic E-state index is 11.8. The van der Waals surface area contributed by atoms with Gasteiger partial charge in [-0.2, -0.15) is 5.10 Å². The molecule has 8 heteroatoms. The summed E-state index contributed by atoms with van der Waals surface area (Å²) in [5.74, 6) is -0.418. The second-order valence-electron chi connectivity index (χ2n) is 4.71. The minimum atomic E-state index is -0.675. The van der Waals surface area contributed by atoms with Crippen molar-refractivity contribution in [2.45, 2.75) is 31.8 Å². The Kier molecular flexibility index (Phi) is 4.10. The molecule has 19 heavy (non-hydrogen) atoms. The first-order valence-electron chi connectivity index (χ1n) is 6.23. The maximum absolute atomic E-state index is 11.8. The van der Waals surface area contributed by atoms with Gasteiger partial charge in [-0.05, 0) is 18.8 Å². The van der Waals surface area contributed by atoms with Crippen LogP contribution in [-0.2, 0) is 0 Å². The number of nitrogens with zero attached hydrogens (tertiary/aromatic N) is 2. The number of hydrogen-bond acceptors (Lipinski definition) is 5. The SMILES string of the molecule is O=C(NCC(O)C1CCCC1)c1[nH]ncc1[N+](=O)[O-]. The van der Waals surface area contributed by atoms with Crippen molar-refractivity contribution in [2.75, 3.05) is 6.54 Å². The van der Waals surface area contributed by atoms with Crippen LogP contribution in [0.3, 0.4) is 0 Å². The largest absolute Gasteiger partial charge is 0.391 e. The van der Waals surface area contributed by atoms with Gasteiger partial charge in [0.25, 0.3) is 5.91 Å². The number of carbonyl (C=O) groups excluding carboxylic acids is 1. The molecule has 1 saturated carbocycles. The van der Waals surface area contributed by atoms with Crippen molar-refractivity contribution in [1.82, 2.24) is 15.5 Å². The summed E-state index contributed by atoms with van der Waals surface area (Å²) in [7, 11) is 0. The number of aromatic amines is 1. The zero-order valence-electron chi connectivity index (χ0n) is 10.3. The average Bonchev–Trinajstić information content (AvgIpc) is 3.04. The highest BCUT2D eigenvalue weighted by atomic mass is 16.6. The van der Waals surface area contributed by atoms with Crippen LogP contribution in [0.15, 0.2) is 6.20 Å². The quantitative estimate of drug-likeness (QED) is 0.533. The van der Waals surface area contributed by atoms with Crippen LogP contribution in [0.4, 0.5) is 5.69 Å². The normalized spacial score (nSPS) is 17.3. The molecular formula is C11H16N4O4. The summed E-state index contributed by atoms with van der Waals surface area (Å²) in [5.41, 5.74) is -0.559. The lowest BCUT2D eigenvalue weighted by atomic mass is 10.0. The zero-order valence-corrected chi connectivity index (χ0v) is 10.3. The first-order valence-corrected chi connectivity index (χ1v) is 6.23. The van der Waals surface area contributed by atoms with Gasteiger partial charge in [-0.1, -0.05) is 12.8 Å². The van der Waals surface area contributed by atoms with Crippen molar-refractivity contribution in [3.63, 3.8) is 0 Å². The zero-order chi connectivity index (χ0) is 13.8. The number of hydrogen-bond donors (Lipinski definition) is 3. The molecule has 0 aromatic carbocycles. The minimum Gasteiger partial charge on any atom is -0.391 e. The smallest absolute Gasteiger partial charge is 0.319 e. The molecule has 1 aliphatic carbocycles. The number of rotatable bonds is 5. The standard InChI is InChI=1S/C11H16N4O4/c16-9(7-3-1-2-4-7)6-12-11(17)10-8(15(18)19)5-13-14-10/h5,7,9,16H,1-4,6H2,(H,12,17)(H,13,14). The third-order valence-corrected chi connectivity index (χ3v) is 3.46. The average molecular weight is 268 g/mol. The van der Waals surface area contributed by atoms with Crippen molar-refractivity contribution in [3.05, 3.63) is 22.0 Å². The van der Waals surface area contributed by atoms with Gasteiger partial charge in [-0.3, -0.25) is 20.0 Å². The van der Waals surface area contributed by atoms with Crippen molar-refractivity contribution >= 4 is 11.6 Å². The fraction of sp³-hybridized carbons (Fsp3) is 0.636. The van der Waals surface area contributed by atoms with Gasteiger partial charge in [-0.15, -0.1) is 0 Å². The number of carbonyl (C=O) groups is 1. The number of amides is 1. The van der Waals surface area contributed by atoms with E-state index in [-0.39, 0.29) is 23.8 Å². The van der Waals surface area contributed by atoms with E-state index >= 15 is 0 Å². The van der Waals surface area contributed by atoms with E-state index in [0.717, 1.165) is 31.9 Å². The van der Waals surface area contributed by atoms with E-state index in [9.17, 15) is 20.0 Å². The Morgan fingerprint density at radius 3 is 2.95 bits per heavy atom. The highest BCUT2D eigenvalue weighted by Crippen LogP contribution is 2.27. The molecule has 8 nitrogen and oxygen atoms in total. The third-order valence-electron chi connectivity index (χ3n) is 3.46. The van der Waals surface area contributed by atoms with Gasteiger partial charge in [0, 0.05) is 6.54 Å². The van der Waals surface area contributed by atoms with Crippen LogP contribution < -0.4 is 5.32 Å². The van der Waals surface area contributed by atoms with Gasteiger partial charge >= 0.3 is 5.69 Å². The van der Waals surface area contributed by atoms with Crippen LogP contribution >= 0.6 is 0 Å². The summed E-state index contributed by atoms with van der Waals surface area (Å²) < 4.78 is 0. The molecule has 1 aliphatic rings. The molecule has 1 unspecified atom stereocenters. The summed E-state index contributed by atoms with van der Waals surface area (Å²) in [5, 5.41) is 28.8. The number of aliphatic hydroxyl groups is 1. The van der Waals surface area contributed by atoms with Crippen molar-refractivity contribution < 1.29 is 14.8 Å². The lowest BCUT2D eigenvalue weighted by Crippen LogP contribution is -2.36. The predicted octanol–water partition coefficient (Wildman–Crippen LogP) is 0.599. The summed E-state index contributed by atoms with van der Waals surface area (Å²) >= 11 is 0. The summed E-state index contributed by atoms with van der Waals surface area (Å²) in [6.07, 6.45) is 4.50. The van der Waals surface area contributed by atoms with Gasteiger partial charge in [0.15, 0.2) is 0 Å².